The third-order valence-corrected chi connectivity index (χ3v) is 7.50. The fraction of sp³-hybridized carbons (Fsp3) is 0.577. The second-order valence-corrected chi connectivity index (χ2v) is 9.76. The Morgan fingerprint density at radius 3 is 2.64 bits per heavy atom. The molecule has 7 heteroatoms. The fourth-order valence-electron chi connectivity index (χ4n) is 5.67. The average Bonchev–Trinajstić information content (AvgIpc) is 3.30. The number of nitrogens with one attached hydrogen (secondary N) is 2. The Morgan fingerprint density at radius 2 is 1.88 bits per heavy atom. The molecule has 2 unspecified atom stereocenters. The number of carbonyl (C=O) groups excluding carboxylic acids is 1. The number of benzene rings is 1. The van der Waals surface area contributed by atoms with Crippen LogP contribution in [0.3, 0.4) is 0 Å². The highest BCUT2D eigenvalue weighted by molar-refractivity contribution is 5.95. The molecule has 0 radical (unpaired) electrons. The number of carbonyl (C=O) groups is 1. The minimum absolute atomic E-state index is 0.204. The molecule has 1 aromatic heterocycles. The van der Waals surface area contributed by atoms with E-state index in [1.165, 1.54) is 5.56 Å². The van der Waals surface area contributed by atoms with Gasteiger partial charge in [0.1, 0.15) is 11.6 Å². The Morgan fingerprint density at radius 1 is 1.09 bits per heavy atom. The molecule has 3 aliphatic rings. The van der Waals surface area contributed by atoms with Crippen molar-refractivity contribution in [3.8, 4) is 0 Å². The highest BCUT2D eigenvalue weighted by Gasteiger charge is 2.33. The number of amides is 1. The van der Waals surface area contributed by atoms with Crippen LogP contribution in [0.15, 0.2) is 30.3 Å². The second kappa shape index (κ2) is 9.87. The summed E-state index contributed by atoms with van der Waals surface area (Å²) >= 11 is 0. The number of hydrogen-bond acceptors (Lipinski definition) is 6. The second-order valence-electron chi connectivity index (χ2n) is 9.76. The van der Waals surface area contributed by atoms with Crippen molar-refractivity contribution in [2.45, 2.75) is 57.9 Å². The molecule has 2 aromatic rings. The zero-order valence-electron chi connectivity index (χ0n) is 19.9. The van der Waals surface area contributed by atoms with Crippen LogP contribution in [0, 0.1) is 12.8 Å². The van der Waals surface area contributed by atoms with Crippen molar-refractivity contribution in [1.29, 1.82) is 0 Å². The lowest BCUT2D eigenvalue weighted by atomic mass is 9.91. The lowest BCUT2D eigenvalue weighted by Gasteiger charge is -2.35. The zero-order chi connectivity index (χ0) is 22.8. The number of piperidine rings is 1. The smallest absolute Gasteiger partial charge is 0.228 e. The standard InChI is InChI=1S/C26H36N6O/c1-3-13-32-23(33)10-9-22-18(2)28-25(29-26(22)32)20-11-14-31(15-12-20)17-21-16-27-30-24(21)19-7-5-4-6-8-19/h4-8,20-21,24,27,30H,3,9-17H2,1-2H3. The van der Waals surface area contributed by atoms with E-state index in [1.807, 2.05) is 4.90 Å². The minimum Gasteiger partial charge on any atom is -0.303 e. The van der Waals surface area contributed by atoms with Crippen LogP contribution < -0.4 is 15.8 Å². The molecule has 0 aliphatic carbocycles. The van der Waals surface area contributed by atoms with Crippen LogP contribution in [0.25, 0.3) is 0 Å². The number of aromatic nitrogens is 2. The summed E-state index contributed by atoms with van der Waals surface area (Å²) in [7, 11) is 0. The van der Waals surface area contributed by atoms with Crippen LogP contribution in [0.4, 0.5) is 5.82 Å². The molecular formula is C26H36N6O. The highest BCUT2D eigenvalue weighted by atomic mass is 16.2. The van der Waals surface area contributed by atoms with Gasteiger partial charge >= 0.3 is 0 Å². The van der Waals surface area contributed by atoms with Crippen LogP contribution >= 0.6 is 0 Å². The van der Waals surface area contributed by atoms with Crippen molar-refractivity contribution in [2.75, 3.05) is 37.6 Å². The zero-order valence-corrected chi connectivity index (χ0v) is 19.9. The number of hydrazine groups is 1. The molecule has 3 aliphatic heterocycles. The maximum Gasteiger partial charge on any atom is 0.228 e. The number of rotatable bonds is 6. The summed E-state index contributed by atoms with van der Waals surface area (Å²) in [5, 5.41) is 0. The van der Waals surface area contributed by atoms with Gasteiger partial charge in [-0.2, -0.15) is 0 Å². The summed E-state index contributed by atoms with van der Waals surface area (Å²) in [4.78, 5) is 26.9. The molecule has 2 N–H and O–H groups in total. The Labute approximate surface area is 197 Å². The molecule has 2 atom stereocenters. The van der Waals surface area contributed by atoms with Gasteiger partial charge in [-0.1, -0.05) is 37.3 Å². The average molecular weight is 449 g/mol. The molecule has 176 valence electrons. The van der Waals surface area contributed by atoms with Crippen LogP contribution in [-0.4, -0.2) is 53.5 Å². The third-order valence-electron chi connectivity index (χ3n) is 7.50. The van der Waals surface area contributed by atoms with Gasteiger partial charge in [0.2, 0.25) is 5.91 Å². The van der Waals surface area contributed by atoms with Crippen LogP contribution in [0.2, 0.25) is 0 Å². The number of fused-ring (bicyclic) bond motifs is 1. The van der Waals surface area contributed by atoms with Crippen LogP contribution in [0.5, 0.6) is 0 Å². The van der Waals surface area contributed by atoms with Crippen LogP contribution in [-0.2, 0) is 11.2 Å². The van der Waals surface area contributed by atoms with E-state index < -0.39 is 0 Å². The molecule has 1 aromatic carbocycles. The molecule has 4 heterocycles. The van der Waals surface area contributed by atoms with E-state index in [1.54, 1.807) is 0 Å². The van der Waals surface area contributed by atoms with E-state index in [9.17, 15) is 4.79 Å². The fourth-order valence-corrected chi connectivity index (χ4v) is 5.67. The van der Waals surface area contributed by atoms with Gasteiger partial charge in [0.05, 0.1) is 6.04 Å². The highest BCUT2D eigenvalue weighted by Crippen LogP contribution is 2.33. The molecule has 0 saturated carbocycles. The number of anilines is 1. The van der Waals surface area contributed by atoms with Gasteiger partial charge in [-0.3, -0.25) is 15.1 Å². The van der Waals surface area contributed by atoms with E-state index in [0.717, 1.165) is 81.3 Å². The number of aryl methyl sites for hydroxylation is 1. The molecule has 2 saturated heterocycles. The first-order chi connectivity index (χ1) is 16.1. The van der Waals surface area contributed by atoms with Gasteiger partial charge in [-0.25, -0.2) is 15.4 Å². The Balaban J connectivity index is 1.24. The Hall–Kier alpha value is -2.35. The van der Waals surface area contributed by atoms with E-state index in [4.69, 9.17) is 9.97 Å². The van der Waals surface area contributed by atoms with E-state index in [0.29, 0.717) is 24.3 Å². The molecule has 7 nitrogen and oxygen atoms in total. The topological polar surface area (TPSA) is 73.4 Å². The molecule has 0 bridgehead atoms. The largest absolute Gasteiger partial charge is 0.303 e. The first kappa shape index (κ1) is 22.4. The van der Waals surface area contributed by atoms with Gasteiger partial charge in [0.25, 0.3) is 0 Å². The molecule has 33 heavy (non-hydrogen) atoms. The summed E-state index contributed by atoms with van der Waals surface area (Å²) in [6, 6.07) is 11.1. The number of likely N-dealkylation sites (tertiary alicyclic amines) is 1. The summed E-state index contributed by atoms with van der Waals surface area (Å²) < 4.78 is 0. The van der Waals surface area contributed by atoms with Crippen LogP contribution in [0.1, 0.15) is 67.2 Å². The van der Waals surface area contributed by atoms with Crippen molar-refractivity contribution < 1.29 is 4.79 Å². The van der Waals surface area contributed by atoms with E-state index in [2.05, 4.69) is 59.9 Å². The van der Waals surface area contributed by atoms with Crippen molar-refractivity contribution in [3.05, 3.63) is 53.0 Å². The predicted octanol–water partition coefficient (Wildman–Crippen LogP) is 3.12. The van der Waals surface area contributed by atoms with Gasteiger partial charge in [0.15, 0.2) is 0 Å². The molecule has 1 amide bonds. The number of nitrogens with zero attached hydrogens (tertiary/aromatic N) is 4. The van der Waals surface area contributed by atoms with Crippen molar-refractivity contribution >= 4 is 11.7 Å². The van der Waals surface area contributed by atoms with E-state index >= 15 is 0 Å². The Bertz CT molecular complexity index is 972. The summed E-state index contributed by atoms with van der Waals surface area (Å²) in [6.45, 7) is 9.17. The first-order valence-electron chi connectivity index (χ1n) is 12.6. The predicted molar refractivity (Wildman–Crippen MR) is 130 cm³/mol. The summed E-state index contributed by atoms with van der Waals surface area (Å²) in [6.07, 6.45) is 4.43. The normalized spacial score (nSPS) is 24.3. The van der Waals surface area contributed by atoms with E-state index in [-0.39, 0.29) is 5.91 Å². The summed E-state index contributed by atoms with van der Waals surface area (Å²) in [5.41, 5.74) is 10.4. The van der Waals surface area contributed by atoms with Gasteiger partial charge in [-0.05, 0) is 51.3 Å². The lowest BCUT2D eigenvalue weighted by Crippen LogP contribution is -2.39. The first-order valence-corrected chi connectivity index (χ1v) is 12.6. The van der Waals surface area contributed by atoms with Crippen molar-refractivity contribution in [1.82, 2.24) is 25.7 Å². The minimum atomic E-state index is 0.204. The molecular weight excluding hydrogens is 412 g/mol. The van der Waals surface area contributed by atoms with Gasteiger partial charge in [0, 0.05) is 49.1 Å². The molecule has 5 rings (SSSR count). The SMILES string of the molecule is CCCN1C(=O)CCc2c(C)nc(C3CCN(CC4CNNC4c4ccccc4)CC3)nc21. The Kier molecular flexibility index (Phi) is 6.71. The van der Waals surface area contributed by atoms with Crippen molar-refractivity contribution in [2.24, 2.45) is 5.92 Å². The van der Waals surface area contributed by atoms with Gasteiger partial charge in [-0.15, -0.1) is 0 Å². The van der Waals surface area contributed by atoms with Gasteiger partial charge < -0.3 is 4.90 Å². The molecule has 0 spiro atoms. The van der Waals surface area contributed by atoms with Crippen molar-refractivity contribution in [3.63, 3.8) is 0 Å². The quantitative estimate of drug-likeness (QED) is 0.707. The summed E-state index contributed by atoms with van der Waals surface area (Å²) in [5.74, 6) is 2.95. The monoisotopic (exact) mass is 448 g/mol. The molecule has 2 fully saturated rings. The maximum atomic E-state index is 12.5. The third kappa shape index (κ3) is 4.67. The lowest BCUT2D eigenvalue weighted by molar-refractivity contribution is -0.119. The number of hydrogen-bond donors (Lipinski definition) is 2. The maximum absolute atomic E-state index is 12.5.